The van der Waals surface area contributed by atoms with Crippen LogP contribution in [0.1, 0.15) is 36.9 Å². The lowest BCUT2D eigenvalue weighted by atomic mass is 9.96. The fourth-order valence-corrected chi connectivity index (χ4v) is 5.26. The molecule has 0 radical (unpaired) electrons. The van der Waals surface area contributed by atoms with Crippen LogP contribution in [0.2, 0.25) is 5.02 Å². The molecule has 1 fully saturated rings. The first kappa shape index (κ1) is 24.5. The van der Waals surface area contributed by atoms with Gasteiger partial charge in [0.2, 0.25) is 15.9 Å². The lowest BCUT2D eigenvalue weighted by Crippen LogP contribution is -2.43. The van der Waals surface area contributed by atoms with Crippen LogP contribution >= 0.6 is 11.6 Å². The molecule has 1 atom stereocenters. The Morgan fingerprint density at radius 1 is 1.12 bits per heavy atom. The van der Waals surface area contributed by atoms with E-state index in [9.17, 15) is 30.8 Å². The molecule has 1 aliphatic heterocycles. The summed E-state index contributed by atoms with van der Waals surface area (Å²) in [5, 5.41) is 2.48. The van der Waals surface area contributed by atoms with Gasteiger partial charge in [0.15, 0.2) is 0 Å². The minimum Gasteiger partial charge on any atom is -0.349 e. The normalized spacial score (nSPS) is 17.2. The summed E-state index contributed by atoms with van der Waals surface area (Å²) in [6, 6.07) is 7.23. The summed E-state index contributed by atoms with van der Waals surface area (Å²) in [6.45, 7) is 1.87. The third-order valence-corrected chi connectivity index (χ3v) is 7.63. The van der Waals surface area contributed by atoms with Gasteiger partial charge in [0, 0.05) is 19.0 Å². The van der Waals surface area contributed by atoms with Crippen LogP contribution < -0.4 is 5.32 Å². The van der Waals surface area contributed by atoms with Gasteiger partial charge >= 0.3 is 6.18 Å². The van der Waals surface area contributed by atoms with Crippen LogP contribution in [-0.2, 0) is 21.0 Å². The highest BCUT2D eigenvalue weighted by molar-refractivity contribution is 7.89. The van der Waals surface area contributed by atoms with E-state index in [2.05, 4.69) is 5.32 Å². The summed E-state index contributed by atoms with van der Waals surface area (Å²) >= 11 is 5.69. The van der Waals surface area contributed by atoms with E-state index in [1.807, 2.05) is 0 Å². The van der Waals surface area contributed by atoms with Gasteiger partial charge in [-0.1, -0.05) is 23.7 Å². The lowest BCUT2D eigenvalue weighted by Gasteiger charge is -2.31. The molecule has 2 aromatic rings. The molecule has 174 valence electrons. The molecule has 1 N–H and O–H groups in total. The van der Waals surface area contributed by atoms with Gasteiger partial charge in [-0.05, 0) is 55.7 Å². The van der Waals surface area contributed by atoms with Crippen molar-refractivity contribution in [2.45, 2.75) is 36.9 Å². The van der Waals surface area contributed by atoms with Gasteiger partial charge in [0.1, 0.15) is 5.82 Å². The van der Waals surface area contributed by atoms with Crippen LogP contribution in [0.4, 0.5) is 17.6 Å². The average molecular weight is 493 g/mol. The highest BCUT2D eigenvalue weighted by atomic mass is 35.5. The Morgan fingerprint density at radius 3 is 2.25 bits per heavy atom. The fourth-order valence-electron chi connectivity index (χ4n) is 3.52. The second kappa shape index (κ2) is 9.36. The number of sulfonamides is 1. The molecule has 1 heterocycles. The molecule has 11 heteroatoms. The Kier molecular flexibility index (Phi) is 7.16. The molecule has 1 saturated heterocycles. The maximum Gasteiger partial charge on any atom is 0.416 e. The van der Waals surface area contributed by atoms with Crippen molar-refractivity contribution in [3.63, 3.8) is 0 Å². The first-order chi connectivity index (χ1) is 14.9. The zero-order chi connectivity index (χ0) is 23.7. The van der Waals surface area contributed by atoms with Gasteiger partial charge < -0.3 is 5.32 Å². The summed E-state index contributed by atoms with van der Waals surface area (Å²) in [5.41, 5.74) is -0.240. The number of carbonyl (C=O) groups is 1. The molecular weight excluding hydrogens is 472 g/mol. The molecule has 0 bridgehead atoms. The van der Waals surface area contributed by atoms with Crippen molar-refractivity contribution in [3.8, 4) is 0 Å². The predicted octanol–water partition coefficient (Wildman–Crippen LogP) is 4.78. The van der Waals surface area contributed by atoms with Crippen molar-refractivity contribution < 1.29 is 30.8 Å². The highest BCUT2D eigenvalue weighted by Gasteiger charge is 2.33. The zero-order valence-electron chi connectivity index (χ0n) is 17.0. The second-order valence-corrected chi connectivity index (χ2v) is 9.95. The molecule has 5 nitrogen and oxygen atoms in total. The average Bonchev–Trinajstić information content (AvgIpc) is 2.75. The molecular formula is C21H21ClF4N2O3S. The fraction of sp³-hybridized carbons (Fsp3) is 0.381. The molecule has 0 spiro atoms. The number of amides is 1. The minimum absolute atomic E-state index is 0.101. The number of benzene rings is 2. The number of alkyl halides is 3. The lowest BCUT2D eigenvalue weighted by molar-refractivity contribution is -0.137. The van der Waals surface area contributed by atoms with Crippen molar-refractivity contribution >= 4 is 27.5 Å². The van der Waals surface area contributed by atoms with E-state index < -0.39 is 39.5 Å². The topological polar surface area (TPSA) is 66.5 Å². The Labute approximate surface area is 188 Å². The van der Waals surface area contributed by atoms with Gasteiger partial charge in [-0.25, -0.2) is 12.8 Å². The molecule has 0 saturated carbocycles. The van der Waals surface area contributed by atoms with Gasteiger partial charge in [0.25, 0.3) is 0 Å². The largest absolute Gasteiger partial charge is 0.416 e. The smallest absolute Gasteiger partial charge is 0.349 e. The molecule has 32 heavy (non-hydrogen) atoms. The Balaban J connectivity index is 1.58. The predicted molar refractivity (Wildman–Crippen MR) is 111 cm³/mol. The molecule has 0 aliphatic carbocycles. The maximum absolute atomic E-state index is 13.3. The zero-order valence-corrected chi connectivity index (χ0v) is 18.6. The summed E-state index contributed by atoms with van der Waals surface area (Å²) < 4.78 is 78.1. The third-order valence-electron chi connectivity index (χ3n) is 5.45. The highest BCUT2D eigenvalue weighted by Crippen LogP contribution is 2.30. The van der Waals surface area contributed by atoms with Crippen molar-refractivity contribution in [2.75, 3.05) is 13.1 Å². The van der Waals surface area contributed by atoms with Crippen LogP contribution in [0.25, 0.3) is 0 Å². The molecule has 2 aromatic carbocycles. The third kappa shape index (κ3) is 5.41. The molecule has 0 aromatic heterocycles. The van der Waals surface area contributed by atoms with Gasteiger partial charge in [0.05, 0.1) is 21.5 Å². The van der Waals surface area contributed by atoms with E-state index in [0.717, 1.165) is 30.3 Å². The van der Waals surface area contributed by atoms with Crippen molar-refractivity contribution in [1.29, 1.82) is 0 Å². The van der Waals surface area contributed by atoms with Crippen LogP contribution in [-0.4, -0.2) is 31.7 Å². The molecule has 1 amide bonds. The summed E-state index contributed by atoms with van der Waals surface area (Å²) in [6.07, 6.45) is -3.88. The maximum atomic E-state index is 13.3. The number of carbonyl (C=O) groups excluding carboxylic acids is 1. The number of halogens is 5. The minimum atomic E-state index is -4.43. The standard InChI is InChI=1S/C21H21ClF4N2O3S/c1-13(14-2-4-16(5-3-14)21(24,25)26)27-20(29)15-8-10-28(11-9-15)32(30,31)17-6-7-19(23)18(22)12-17/h2-7,12-13,15H,8-11H2,1H3,(H,27,29). The summed E-state index contributed by atoms with van der Waals surface area (Å²) in [4.78, 5) is 12.5. The number of piperidine rings is 1. The van der Waals surface area contributed by atoms with E-state index in [0.29, 0.717) is 5.56 Å². The monoisotopic (exact) mass is 492 g/mol. The van der Waals surface area contributed by atoms with Crippen LogP contribution in [0.15, 0.2) is 47.4 Å². The first-order valence-corrected chi connectivity index (χ1v) is 11.6. The number of nitrogens with one attached hydrogen (secondary N) is 1. The van der Waals surface area contributed by atoms with Gasteiger partial charge in [-0.2, -0.15) is 17.5 Å². The summed E-state index contributed by atoms with van der Waals surface area (Å²) in [5.74, 6) is -1.45. The van der Waals surface area contributed by atoms with Crippen LogP contribution in [0, 0.1) is 11.7 Å². The van der Waals surface area contributed by atoms with Crippen molar-refractivity contribution in [3.05, 3.63) is 64.4 Å². The first-order valence-electron chi connectivity index (χ1n) is 9.82. The van der Waals surface area contributed by atoms with Crippen LogP contribution in [0.3, 0.4) is 0 Å². The van der Waals surface area contributed by atoms with Crippen molar-refractivity contribution in [2.24, 2.45) is 5.92 Å². The van der Waals surface area contributed by atoms with E-state index in [-0.39, 0.29) is 41.8 Å². The Morgan fingerprint density at radius 2 is 1.72 bits per heavy atom. The summed E-state index contributed by atoms with van der Waals surface area (Å²) in [7, 11) is -3.87. The quantitative estimate of drug-likeness (QED) is 0.611. The Bertz CT molecular complexity index is 1080. The van der Waals surface area contributed by atoms with Crippen molar-refractivity contribution in [1.82, 2.24) is 9.62 Å². The second-order valence-electron chi connectivity index (χ2n) is 7.60. The van der Waals surface area contributed by atoms with E-state index in [1.165, 1.54) is 16.4 Å². The van der Waals surface area contributed by atoms with E-state index >= 15 is 0 Å². The van der Waals surface area contributed by atoms with E-state index in [4.69, 9.17) is 11.6 Å². The molecule has 1 unspecified atom stereocenters. The number of hydrogen-bond donors (Lipinski definition) is 1. The number of rotatable bonds is 5. The van der Waals surface area contributed by atoms with E-state index in [1.54, 1.807) is 6.92 Å². The van der Waals surface area contributed by atoms with Crippen LogP contribution in [0.5, 0.6) is 0 Å². The Hall–Kier alpha value is -2.17. The number of nitrogens with zero attached hydrogens (tertiary/aromatic N) is 1. The van der Waals surface area contributed by atoms with Gasteiger partial charge in [-0.3, -0.25) is 4.79 Å². The number of hydrogen-bond acceptors (Lipinski definition) is 3. The molecule has 1 aliphatic rings. The van der Waals surface area contributed by atoms with Gasteiger partial charge in [-0.15, -0.1) is 0 Å². The SMILES string of the molecule is CC(NC(=O)C1CCN(S(=O)(=O)c2ccc(F)c(Cl)c2)CC1)c1ccc(C(F)(F)F)cc1. The molecule has 3 rings (SSSR count).